The third-order valence-corrected chi connectivity index (χ3v) is 11.4. The second-order valence-corrected chi connectivity index (χ2v) is 13.5. The number of allylic oxidation sites excluding steroid dienone is 4. The minimum atomic E-state index is -4.13. The highest BCUT2D eigenvalue weighted by Crippen LogP contribution is 2.74. The monoisotopic (exact) mass is 598 g/mol. The summed E-state index contributed by atoms with van der Waals surface area (Å²) in [4.78, 5) is 13.2. The number of thiol groups is 1. The summed E-state index contributed by atoms with van der Waals surface area (Å²) in [7, 11) is 0. The Hall–Kier alpha value is -2.34. The summed E-state index contributed by atoms with van der Waals surface area (Å²) in [5.74, 6) is -8.30. The predicted octanol–water partition coefficient (Wildman–Crippen LogP) is 10.9. The molecule has 0 aromatic heterocycles. The van der Waals surface area contributed by atoms with Crippen molar-refractivity contribution in [2.75, 3.05) is 0 Å². The van der Waals surface area contributed by atoms with Gasteiger partial charge in [-0.1, -0.05) is 69.7 Å². The van der Waals surface area contributed by atoms with Crippen LogP contribution in [0.25, 0.3) is 11.1 Å². The number of ketones is 1. The van der Waals surface area contributed by atoms with E-state index in [-0.39, 0.29) is 30.0 Å². The summed E-state index contributed by atoms with van der Waals surface area (Å²) >= 11 is 4.38. The molecule has 0 amide bonds. The van der Waals surface area contributed by atoms with Crippen LogP contribution in [0.1, 0.15) is 91.0 Å². The number of carbonyl (C=O) groups excluding carboxylic acids is 1. The van der Waals surface area contributed by atoms with Crippen molar-refractivity contribution in [1.82, 2.24) is 0 Å². The van der Waals surface area contributed by atoms with Gasteiger partial charge in [0.2, 0.25) is 0 Å². The lowest BCUT2D eigenvalue weighted by molar-refractivity contribution is -0.284. The quantitative estimate of drug-likeness (QED) is 0.274. The van der Waals surface area contributed by atoms with Crippen LogP contribution in [0.3, 0.4) is 0 Å². The largest absolute Gasteiger partial charge is 0.315 e. The third-order valence-electron chi connectivity index (χ3n) is 11.1. The first-order valence-electron chi connectivity index (χ1n) is 15.4. The van der Waals surface area contributed by atoms with Gasteiger partial charge < -0.3 is 0 Å². The van der Waals surface area contributed by atoms with E-state index < -0.39 is 22.7 Å². The average molecular weight is 599 g/mol. The molecule has 5 atom stereocenters. The molecule has 0 radical (unpaired) electrons. The van der Waals surface area contributed by atoms with E-state index in [1.54, 1.807) is 6.08 Å². The second kappa shape index (κ2) is 11.0. The van der Waals surface area contributed by atoms with E-state index >= 15 is 8.78 Å². The van der Waals surface area contributed by atoms with Crippen LogP contribution in [-0.2, 0) is 4.79 Å². The fraction of sp³-hybridized carbons (Fsp3) is 0.528. The van der Waals surface area contributed by atoms with E-state index in [2.05, 4.69) is 36.9 Å². The number of benzene rings is 2. The van der Waals surface area contributed by atoms with Crippen LogP contribution < -0.4 is 0 Å². The van der Waals surface area contributed by atoms with Crippen molar-refractivity contribution in [2.24, 2.45) is 22.7 Å². The van der Waals surface area contributed by atoms with Crippen LogP contribution in [0.15, 0.2) is 76.2 Å². The van der Waals surface area contributed by atoms with E-state index in [9.17, 15) is 13.6 Å². The maximum absolute atomic E-state index is 15.8. The van der Waals surface area contributed by atoms with Crippen LogP contribution >= 0.6 is 12.6 Å². The third kappa shape index (κ3) is 4.71. The fourth-order valence-electron chi connectivity index (χ4n) is 8.76. The lowest BCUT2D eigenvalue weighted by Crippen LogP contribution is -2.59. The molecule has 0 N–H and O–H groups in total. The number of fused-ring (bicyclic) bond motifs is 4. The molecule has 2 aromatic carbocycles. The van der Waals surface area contributed by atoms with Crippen molar-refractivity contribution < 1.29 is 22.4 Å². The van der Waals surface area contributed by atoms with Crippen molar-refractivity contribution in [3.63, 3.8) is 0 Å². The van der Waals surface area contributed by atoms with Gasteiger partial charge in [-0.05, 0) is 102 Å². The van der Waals surface area contributed by atoms with Crippen molar-refractivity contribution in [1.29, 1.82) is 0 Å². The van der Waals surface area contributed by atoms with Crippen LogP contribution in [-0.4, -0.2) is 17.6 Å². The van der Waals surface area contributed by atoms with Crippen molar-refractivity contribution in [3.8, 4) is 11.1 Å². The summed E-state index contributed by atoms with van der Waals surface area (Å²) < 4.78 is 60.6. The molecule has 1 nitrogen and oxygen atoms in total. The number of rotatable bonds is 4. The van der Waals surface area contributed by atoms with E-state index in [0.29, 0.717) is 32.6 Å². The highest BCUT2D eigenvalue weighted by atomic mass is 32.1. The normalized spacial score (nSPS) is 31.0. The van der Waals surface area contributed by atoms with Gasteiger partial charge in [0, 0.05) is 29.6 Å². The summed E-state index contributed by atoms with van der Waals surface area (Å²) in [5.41, 5.74) is 3.91. The van der Waals surface area contributed by atoms with E-state index in [1.807, 2.05) is 45.0 Å². The molecule has 0 saturated heterocycles. The number of hydrogen-bond acceptors (Lipinski definition) is 2. The molecule has 0 bridgehead atoms. The first kappa shape index (κ1) is 31.1. The van der Waals surface area contributed by atoms with Crippen LogP contribution in [0.5, 0.6) is 0 Å². The highest BCUT2D eigenvalue weighted by Gasteiger charge is 2.74. The van der Waals surface area contributed by atoms with Gasteiger partial charge in [-0.25, -0.2) is 8.78 Å². The van der Waals surface area contributed by atoms with Crippen LogP contribution in [0.4, 0.5) is 17.6 Å². The van der Waals surface area contributed by atoms with Gasteiger partial charge in [0.25, 0.3) is 0 Å². The molecule has 4 unspecified atom stereocenters. The smallest absolute Gasteiger partial charge is 0.295 e. The zero-order valence-corrected chi connectivity index (χ0v) is 26.1. The number of hydrogen-bond donors (Lipinski definition) is 1. The predicted molar refractivity (Wildman–Crippen MR) is 164 cm³/mol. The molecule has 2 fully saturated rings. The molecule has 0 spiro atoms. The summed E-state index contributed by atoms with van der Waals surface area (Å²) in [5, 5.41) is 0. The molecule has 42 heavy (non-hydrogen) atoms. The first-order valence-corrected chi connectivity index (χ1v) is 15.8. The summed E-state index contributed by atoms with van der Waals surface area (Å²) in [6.45, 7) is 7.65. The Morgan fingerprint density at radius 1 is 0.857 bits per heavy atom. The summed E-state index contributed by atoms with van der Waals surface area (Å²) in [6.07, 6.45) is 5.42. The second-order valence-electron chi connectivity index (χ2n) is 13.0. The van der Waals surface area contributed by atoms with Gasteiger partial charge >= 0.3 is 11.8 Å². The Bertz CT molecular complexity index is 1400. The minimum Gasteiger partial charge on any atom is -0.295 e. The Balaban J connectivity index is 0.00000173. The first-order chi connectivity index (χ1) is 19.8. The Labute approximate surface area is 253 Å². The van der Waals surface area contributed by atoms with Gasteiger partial charge in [0.1, 0.15) is 0 Å². The molecule has 6 heteroatoms. The van der Waals surface area contributed by atoms with Gasteiger partial charge in [-0.3, -0.25) is 4.79 Å². The Morgan fingerprint density at radius 3 is 2.05 bits per heavy atom. The lowest BCUT2D eigenvalue weighted by Gasteiger charge is -2.57. The summed E-state index contributed by atoms with van der Waals surface area (Å²) in [6, 6.07) is 16.2. The van der Waals surface area contributed by atoms with E-state index in [4.69, 9.17) is 0 Å². The molecule has 2 saturated carbocycles. The SMILES string of the molecule is CC.CC(F)(F)C(F)(F)[C@]1(C)CCC2C3CCC4=CC(=O)CCC4=C3C(c3ccc(-c4ccc(S)cc4)cc3)CC21C. The fourth-order valence-corrected chi connectivity index (χ4v) is 8.91. The van der Waals surface area contributed by atoms with Crippen LogP contribution in [0, 0.1) is 22.7 Å². The zero-order chi connectivity index (χ0) is 30.7. The van der Waals surface area contributed by atoms with Crippen molar-refractivity contribution in [3.05, 3.63) is 76.9 Å². The molecular weight excluding hydrogens is 556 g/mol. The molecule has 4 aliphatic carbocycles. The topological polar surface area (TPSA) is 17.1 Å². The lowest BCUT2D eigenvalue weighted by atomic mass is 9.48. The minimum absolute atomic E-state index is 0.0508. The van der Waals surface area contributed by atoms with E-state index in [0.717, 1.165) is 40.0 Å². The number of alkyl halides is 4. The standard InChI is InChI=1S/C34H36F4OS.C2H6/c1-31-19-28(22-6-4-20(5-7-22)21-8-12-25(40)13-9-21)30-26-15-11-24(39)18-23(26)10-14-27(30)29(31)16-17-32(31,2)34(37,38)33(3,35)36;1-2/h4-9,12-13,18,27-29,40H,10-11,14-17,19H2,1-3H3;1-2H3/t27?,28?,29?,31?,32-;/m1./s1. The van der Waals surface area contributed by atoms with E-state index in [1.165, 1.54) is 18.1 Å². The molecule has 2 aromatic rings. The molecule has 226 valence electrons. The Kier molecular flexibility index (Phi) is 8.13. The highest BCUT2D eigenvalue weighted by molar-refractivity contribution is 7.80. The van der Waals surface area contributed by atoms with Gasteiger partial charge in [0.15, 0.2) is 5.78 Å². The molecule has 0 heterocycles. The van der Waals surface area contributed by atoms with Gasteiger partial charge in [-0.2, -0.15) is 8.78 Å². The number of halogens is 4. The van der Waals surface area contributed by atoms with Crippen molar-refractivity contribution >= 4 is 18.4 Å². The Morgan fingerprint density at radius 2 is 1.45 bits per heavy atom. The average Bonchev–Trinajstić information content (AvgIpc) is 3.25. The zero-order valence-electron chi connectivity index (χ0n) is 25.2. The van der Waals surface area contributed by atoms with Crippen LogP contribution in [0.2, 0.25) is 0 Å². The van der Waals surface area contributed by atoms with Gasteiger partial charge in [-0.15, -0.1) is 12.6 Å². The molecular formula is C36H42F4OS. The molecule has 4 aliphatic rings. The number of carbonyl (C=O) groups is 1. The van der Waals surface area contributed by atoms with Crippen molar-refractivity contribution in [2.45, 2.75) is 102 Å². The maximum atomic E-state index is 15.8. The molecule has 0 aliphatic heterocycles. The maximum Gasteiger partial charge on any atom is 0.315 e. The van der Waals surface area contributed by atoms with Gasteiger partial charge in [0.05, 0.1) is 0 Å². The molecule has 6 rings (SSSR count).